The molecule has 0 N–H and O–H groups in total. The van der Waals surface area contributed by atoms with E-state index in [1.54, 1.807) is 12.1 Å². The van der Waals surface area contributed by atoms with Gasteiger partial charge in [-0.05, 0) is 81.1 Å². The molecule has 3 nitrogen and oxygen atoms in total. The monoisotopic (exact) mass is 480 g/mol. The van der Waals surface area contributed by atoms with Crippen LogP contribution in [0.2, 0.25) is 0 Å². The molecule has 0 aromatic heterocycles. The molecule has 3 aromatic rings. The van der Waals surface area contributed by atoms with Crippen LogP contribution < -0.4 is 0 Å². The Morgan fingerprint density at radius 3 is 1.97 bits per heavy atom. The Kier molecular flexibility index (Phi) is 9.26. The molecule has 1 aliphatic carbocycles. The predicted molar refractivity (Wildman–Crippen MR) is 139 cm³/mol. The molecule has 1 aliphatic rings. The lowest BCUT2D eigenvalue weighted by molar-refractivity contribution is 0.0544. The fourth-order valence-electron chi connectivity index (χ4n) is 5.28. The predicted octanol–water partition coefficient (Wildman–Crippen LogP) is 6.75. The third-order valence-electron chi connectivity index (χ3n) is 6.87. The first-order valence-corrected chi connectivity index (χ1v) is 11.8. The van der Waals surface area contributed by atoms with Gasteiger partial charge in [0.05, 0.1) is 0 Å². The summed E-state index contributed by atoms with van der Waals surface area (Å²) >= 11 is 0. The Morgan fingerprint density at radius 1 is 0.853 bits per heavy atom. The third-order valence-corrected chi connectivity index (χ3v) is 6.87. The largest absolute Gasteiger partial charge is 0.331 e. The summed E-state index contributed by atoms with van der Waals surface area (Å²) in [5.74, 6) is 0.213. The molecule has 1 unspecified atom stereocenters. The van der Waals surface area contributed by atoms with Gasteiger partial charge in [-0.2, -0.15) is 0 Å². The zero-order valence-electron chi connectivity index (χ0n) is 19.9. The Hall–Kier alpha value is -2.69. The average molecular weight is 481 g/mol. The van der Waals surface area contributed by atoms with Gasteiger partial charge in [0.15, 0.2) is 0 Å². The van der Waals surface area contributed by atoms with Crippen LogP contribution in [0.15, 0.2) is 84.9 Å². The molecule has 0 bridgehead atoms. The van der Waals surface area contributed by atoms with Crippen molar-refractivity contribution in [1.82, 2.24) is 9.80 Å². The fourth-order valence-corrected chi connectivity index (χ4v) is 5.28. The number of carbonyl (C=O) groups excluding carboxylic acids is 1. The van der Waals surface area contributed by atoms with Crippen LogP contribution >= 0.6 is 12.4 Å². The van der Waals surface area contributed by atoms with Crippen molar-refractivity contribution < 1.29 is 9.18 Å². The van der Waals surface area contributed by atoms with Gasteiger partial charge in [0.25, 0.3) is 5.91 Å². The number of rotatable bonds is 7. The zero-order valence-corrected chi connectivity index (χ0v) is 20.8. The molecule has 1 fully saturated rings. The lowest BCUT2D eigenvalue weighted by atomic mass is 9.78. The van der Waals surface area contributed by atoms with E-state index in [4.69, 9.17) is 0 Å². The smallest absolute Gasteiger partial charge is 0.254 e. The highest BCUT2D eigenvalue weighted by atomic mass is 35.5. The minimum Gasteiger partial charge on any atom is -0.331 e. The maximum absolute atomic E-state index is 13.5. The fraction of sp³-hybridized carbons (Fsp3) is 0.345. The van der Waals surface area contributed by atoms with Crippen LogP contribution in [0.1, 0.15) is 53.2 Å². The summed E-state index contributed by atoms with van der Waals surface area (Å²) < 4.78 is 13.4. The van der Waals surface area contributed by atoms with Crippen LogP contribution in [0.4, 0.5) is 4.39 Å². The standard InChI is InChI=1S/C29H33FN2O.ClH/c1-31(2)28(23-11-7-4-8-12-23)24-15-19-27(20-16-24)32(21-22-9-5-3-6-10-22)29(33)25-13-17-26(30)18-14-25;/h3-14,17-18,24,27-28H,15-16,19-21H2,1-2H3;1H. The summed E-state index contributed by atoms with van der Waals surface area (Å²) in [4.78, 5) is 17.8. The summed E-state index contributed by atoms with van der Waals surface area (Å²) in [5.41, 5.74) is 3.02. The molecule has 180 valence electrons. The van der Waals surface area contributed by atoms with Crippen molar-refractivity contribution in [1.29, 1.82) is 0 Å². The molecule has 0 saturated heterocycles. The SMILES string of the molecule is CN(C)C(c1ccccc1)C1CCC(N(Cc2ccccc2)C(=O)c2ccc(F)cc2)CC1.Cl. The number of halogens is 2. The van der Waals surface area contributed by atoms with Crippen molar-refractivity contribution in [2.75, 3.05) is 14.1 Å². The minimum absolute atomic E-state index is 0. The molecule has 0 aliphatic heterocycles. The van der Waals surface area contributed by atoms with Crippen LogP contribution in [0, 0.1) is 11.7 Å². The molecule has 4 rings (SSSR count). The molecule has 5 heteroatoms. The average Bonchev–Trinajstić information content (AvgIpc) is 2.84. The quantitative estimate of drug-likeness (QED) is 0.373. The van der Waals surface area contributed by atoms with E-state index in [0.717, 1.165) is 31.2 Å². The van der Waals surface area contributed by atoms with Crippen molar-refractivity contribution in [3.63, 3.8) is 0 Å². The van der Waals surface area contributed by atoms with Crippen molar-refractivity contribution in [2.45, 2.75) is 44.3 Å². The van der Waals surface area contributed by atoms with E-state index in [0.29, 0.717) is 24.1 Å². The van der Waals surface area contributed by atoms with Gasteiger partial charge >= 0.3 is 0 Å². The van der Waals surface area contributed by atoms with Crippen LogP contribution in [0.25, 0.3) is 0 Å². The maximum Gasteiger partial charge on any atom is 0.254 e. The highest BCUT2D eigenvalue weighted by Crippen LogP contribution is 2.39. The third kappa shape index (κ3) is 6.25. The van der Waals surface area contributed by atoms with Gasteiger partial charge in [0.1, 0.15) is 5.82 Å². The molecule has 0 radical (unpaired) electrons. The normalized spacial score (nSPS) is 18.7. The lowest BCUT2D eigenvalue weighted by Gasteiger charge is -2.41. The van der Waals surface area contributed by atoms with Gasteiger partial charge in [-0.25, -0.2) is 4.39 Å². The second-order valence-electron chi connectivity index (χ2n) is 9.31. The molecule has 1 saturated carbocycles. The van der Waals surface area contributed by atoms with E-state index >= 15 is 0 Å². The van der Waals surface area contributed by atoms with Gasteiger partial charge in [-0.3, -0.25) is 4.79 Å². The highest BCUT2D eigenvalue weighted by molar-refractivity contribution is 5.94. The maximum atomic E-state index is 13.5. The number of benzene rings is 3. The molecule has 0 spiro atoms. The number of nitrogens with zero attached hydrogens (tertiary/aromatic N) is 2. The van der Waals surface area contributed by atoms with Crippen molar-refractivity contribution in [2.24, 2.45) is 5.92 Å². The topological polar surface area (TPSA) is 23.6 Å². The first-order valence-electron chi connectivity index (χ1n) is 11.8. The van der Waals surface area contributed by atoms with E-state index in [9.17, 15) is 9.18 Å². The summed E-state index contributed by atoms with van der Waals surface area (Å²) in [7, 11) is 4.31. The van der Waals surface area contributed by atoms with Gasteiger partial charge in [-0.1, -0.05) is 60.7 Å². The molecular formula is C29H34ClFN2O. The van der Waals surface area contributed by atoms with Gasteiger partial charge in [-0.15, -0.1) is 12.4 Å². The van der Waals surface area contributed by atoms with Crippen molar-refractivity contribution in [3.8, 4) is 0 Å². The van der Waals surface area contributed by atoms with Crippen molar-refractivity contribution >= 4 is 18.3 Å². The van der Waals surface area contributed by atoms with Gasteiger partial charge in [0.2, 0.25) is 0 Å². The number of amides is 1. The first kappa shape index (κ1) is 25.9. The molecule has 3 aromatic carbocycles. The molecular weight excluding hydrogens is 447 g/mol. The van der Waals surface area contributed by atoms with Crippen molar-refractivity contribution in [3.05, 3.63) is 107 Å². The van der Waals surface area contributed by atoms with Gasteiger partial charge < -0.3 is 9.80 Å². The number of hydrogen-bond donors (Lipinski definition) is 0. The molecule has 34 heavy (non-hydrogen) atoms. The Balaban J connectivity index is 0.00000324. The minimum atomic E-state index is -0.322. The summed E-state index contributed by atoms with van der Waals surface area (Å²) in [5, 5.41) is 0. The Morgan fingerprint density at radius 2 is 1.41 bits per heavy atom. The van der Waals surface area contributed by atoms with Gasteiger partial charge in [0, 0.05) is 24.2 Å². The van der Waals surface area contributed by atoms with Crippen LogP contribution in [0.3, 0.4) is 0 Å². The van der Waals surface area contributed by atoms with Crippen LogP contribution in [0.5, 0.6) is 0 Å². The van der Waals surface area contributed by atoms with E-state index in [1.165, 1.54) is 17.7 Å². The lowest BCUT2D eigenvalue weighted by Crippen LogP contribution is -2.43. The Bertz CT molecular complexity index is 1020. The van der Waals surface area contributed by atoms with Crippen LogP contribution in [-0.4, -0.2) is 35.8 Å². The second-order valence-corrected chi connectivity index (χ2v) is 9.31. The van der Waals surface area contributed by atoms with E-state index in [-0.39, 0.29) is 30.2 Å². The zero-order chi connectivity index (χ0) is 23.2. The summed E-state index contributed by atoms with van der Waals surface area (Å²) in [6, 6.07) is 27.3. The Labute approximate surface area is 209 Å². The number of hydrogen-bond acceptors (Lipinski definition) is 2. The first-order chi connectivity index (χ1) is 16.0. The molecule has 0 heterocycles. The summed E-state index contributed by atoms with van der Waals surface area (Å²) in [6.45, 7) is 0.572. The summed E-state index contributed by atoms with van der Waals surface area (Å²) in [6.07, 6.45) is 4.10. The van der Waals surface area contributed by atoms with E-state index in [2.05, 4.69) is 61.5 Å². The van der Waals surface area contributed by atoms with Crippen LogP contribution in [-0.2, 0) is 6.54 Å². The number of carbonyl (C=O) groups is 1. The highest BCUT2D eigenvalue weighted by Gasteiger charge is 2.34. The molecule has 1 atom stereocenters. The van der Waals surface area contributed by atoms with E-state index in [1.807, 2.05) is 23.1 Å². The second kappa shape index (κ2) is 12.1. The molecule has 1 amide bonds. The van der Waals surface area contributed by atoms with E-state index < -0.39 is 0 Å².